The third-order valence-electron chi connectivity index (χ3n) is 3.20. The fourth-order valence-electron chi connectivity index (χ4n) is 2.10. The molecule has 0 spiro atoms. The molecule has 0 aromatic heterocycles. The number of nitrogens with one attached hydrogen (secondary N) is 1. The Bertz CT molecular complexity index is 304. The lowest BCUT2D eigenvalue weighted by Crippen LogP contribution is -2.15. The summed E-state index contributed by atoms with van der Waals surface area (Å²) in [5.41, 5.74) is 2.93. The molecule has 0 atom stereocenters. The van der Waals surface area contributed by atoms with Gasteiger partial charge in [-0.05, 0) is 36.4 Å². The predicted octanol–water partition coefficient (Wildman–Crippen LogP) is 4.16. The minimum Gasteiger partial charge on any atom is -0.313 e. The molecule has 96 valence electrons. The summed E-state index contributed by atoms with van der Waals surface area (Å²) in [6.45, 7) is 8.98. The normalized spacial score (nSPS) is 11.1. The van der Waals surface area contributed by atoms with E-state index >= 15 is 0 Å². The van der Waals surface area contributed by atoms with Crippen molar-refractivity contribution >= 4 is 0 Å². The third kappa shape index (κ3) is 5.88. The van der Waals surface area contributed by atoms with Crippen LogP contribution in [0, 0.1) is 5.92 Å². The summed E-state index contributed by atoms with van der Waals surface area (Å²) in [5.74, 6) is 0.843. The van der Waals surface area contributed by atoms with Crippen LogP contribution in [0.1, 0.15) is 51.2 Å². The zero-order valence-electron chi connectivity index (χ0n) is 11.6. The van der Waals surface area contributed by atoms with E-state index in [4.69, 9.17) is 0 Å². The van der Waals surface area contributed by atoms with Gasteiger partial charge in [0.2, 0.25) is 0 Å². The van der Waals surface area contributed by atoms with Gasteiger partial charge in [0.25, 0.3) is 0 Å². The lowest BCUT2D eigenvalue weighted by Gasteiger charge is -2.09. The van der Waals surface area contributed by atoms with E-state index in [1.165, 1.54) is 30.4 Å². The van der Waals surface area contributed by atoms with Crippen molar-refractivity contribution in [3.63, 3.8) is 0 Å². The zero-order chi connectivity index (χ0) is 12.5. The summed E-state index contributed by atoms with van der Waals surface area (Å²) in [6.07, 6.45) is 5.13. The number of hydrogen-bond donors (Lipinski definition) is 1. The monoisotopic (exact) mass is 233 g/mol. The first kappa shape index (κ1) is 14.2. The second-order valence-corrected chi connectivity index (χ2v) is 5.19. The molecule has 0 amide bonds. The maximum atomic E-state index is 3.55. The quantitative estimate of drug-likeness (QED) is 0.665. The minimum atomic E-state index is 0.843. The van der Waals surface area contributed by atoms with Gasteiger partial charge in [-0.2, -0.15) is 0 Å². The van der Waals surface area contributed by atoms with Crippen molar-refractivity contribution in [1.82, 2.24) is 5.32 Å². The van der Waals surface area contributed by atoms with Crippen LogP contribution in [-0.2, 0) is 13.0 Å². The Morgan fingerprint density at radius 3 is 2.41 bits per heavy atom. The largest absolute Gasteiger partial charge is 0.313 e. The minimum absolute atomic E-state index is 0.843. The first-order valence-electron chi connectivity index (χ1n) is 7.01. The van der Waals surface area contributed by atoms with E-state index in [-0.39, 0.29) is 0 Å². The first-order chi connectivity index (χ1) is 8.24. The van der Waals surface area contributed by atoms with Gasteiger partial charge in [-0.1, -0.05) is 57.9 Å². The molecule has 1 aromatic carbocycles. The molecular formula is C16H27N. The van der Waals surface area contributed by atoms with Gasteiger partial charge < -0.3 is 5.32 Å². The number of hydrogen-bond acceptors (Lipinski definition) is 1. The molecule has 1 N–H and O–H groups in total. The molecule has 0 saturated heterocycles. The number of unbranched alkanes of at least 4 members (excludes halogenated alkanes) is 1. The van der Waals surface area contributed by atoms with Crippen LogP contribution >= 0.6 is 0 Å². The van der Waals surface area contributed by atoms with Gasteiger partial charge >= 0.3 is 0 Å². The predicted molar refractivity (Wildman–Crippen MR) is 76.2 cm³/mol. The summed E-state index contributed by atoms with van der Waals surface area (Å²) >= 11 is 0. The van der Waals surface area contributed by atoms with Crippen molar-refractivity contribution in [3.05, 3.63) is 35.4 Å². The van der Waals surface area contributed by atoms with Gasteiger partial charge in [-0.15, -0.1) is 0 Å². The molecule has 0 fully saturated rings. The molecule has 0 saturated carbocycles. The lowest BCUT2D eigenvalue weighted by molar-refractivity contribution is 0.520. The van der Waals surface area contributed by atoms with E-state index in [1.807, 2.05) is 0 Å². The van der Waals surface area contributed by atoms with Gasteiger partial charge in [0.1, 0.15) is 0 Å². The summed E-state index contributed by atoms with van der Waals surface area (Å²) < 4.78 is 0. The smallest absolute Gasteiger partial charge is 0.0208 e. The van der Waals surface area contributed by atoms with Gasteiger partial charge in [-0.25, -0.2) is 0 Å². The van der Waals surface area contributed by atoms with Crippen molar-refractivity contribution in [2.45, 2.75) is 53.0 Å². The van der Waals surface area contributed by atoms with Crippen LogP contribution in [0.3, 0.4) is 0 Å². The standard InChI is InChI=1S/C16H27N/c1-4-15-10-5-6-11-16(15)13-17-12-8-7-9-14(2)3/h5-6,10-11,14,17H,4,7-9,12-13H2,1-3H3. The maximum absolute atomic E-state index is 3.55. The molecule has 0 heterocycles. The molecule has 0 unspecified atom stereocenters. The Morgan fingerprint density at radius 2 is 1.76 bits per heavy atom. The summed E-state index contributed by atoms with van der Waals surface area (Å²) in [4.78, 5) is 0. The molecule has 17 heavy (non-hydrogen) atoms. The van der Waals surface area contributed by atoms with Crippen LogP contribution in [0.25, 0.3) is 0 Å². The Morgan fingerprint density at radius 1 is 1.06 bits per heavy atom. The van der Waals surface area contributed by atoms with Crippen molar-refractivity contribution in [2.24, 2.45) is 5.92 Å². The van der Waals surface area contributed by atoms with E-state index in [0.717, 1.165) is 25.4 Å². The molecule has 0 bridgehead atoms. The Balaban J connectivity index is 2.17. The van der Waals surface area contributed by atoms with Crippen LogP contribution < -0.4 is 5.32 Å². The molecule has 0 radical (unpaired) electrons. The third-order valence-corrected chi connectivity index (χ3v) is 3.20. The molecule has 1 heteroatoms. The molecule has 0 aliphatic rings. The SMILES string of the molecule is CCc1ccccc1CNCCCCC(C)C. The second kappa shape index (κ2) is 8.30. The Hall–Kier alpha value is -0.820. The maximum Gasteiger partial charge on any atom is 0.0208 e. The van der Waals surface area contributed by atoms with Crippen LogP contribution in [0.2, 0.25) is 0 Å². The van der Waals surface area contributed by atoms with E-state index in [2.05, 4.69) is 50.4 Å². The molecule has 0 aliphatic heterocycles. The van der Waals surface area contributed by atoms with Crippen LogP contribution in [0.15, 0.2) is 24.3 Å². The van der Waals surface area contributed by atoms with E-state index in [1.54, 1.807) is 0 Å². The number of aryl methyl sites for hydroxylation is 1. The van der Waals surface area contributed by atoms with E-state index in [0.29, 0.717) is 0 Å². The molecule has 1 aromatic rings. The van der Waals surface area contributed by atoms with Crippen LogP contribution in [0.5, 0.6) is 0 Å². The average Bonchev–Trinajstić information content (AvgIpc) is 2.33. The van der Waals surface area contributed by atoms with Crippen molar-refractivity contribution in [3.8, 4) is 0 Å². The van der Waals surface area contributed by atoms with Gasteiger partial charge in [-0.3, -0.25) is 0 Å². The highest BCUT2D eigenvalue weighted by atomic mass is 14.8. The highest BCUT2D eigenvalue weighted by Gasteiger charge is 1.99. The topological polar surface area (TPSA) is 12.0 Å². The highest BCUT2D eigenvalue weighted by molar-refractivity contribution is 5.26. The van der Waals surface area contributed by atoms with Gasteiger partial charge in [0.15, 0.2) is 0 Å². The molecule has 0 aliphatic carbocycles. The molecule has 1 rings (SSSR count). The van der Waals surface area contributed by atoms with Crippen LogP contribution in [-0.4, -0.2) is 6.54 Å². The highest BCUT2D eigenvalue weighted by Crippen LogP contribution is 2.09. The summed E-state index contributed by atoms with van der Waals surface area (Å²) in [6, 6.07) is 8.73. The number of benzene rings is 1. The van der Waals surface area contributed by atoms with Crippen molar-refractivity contribution in [2.75, 3.05) is 6.54 Å². The van der Waals surface area contributed by atoms with E-state index in [9.17, 15) is 0 Å². The van der Waals surface area contributed by atoms with E-state index < -0.39 is 0 Å². The first-order valence-corrected chi connectivity index (χ1v) is 7.01. The van der Waals surface area contributed by atoms with Gasteiger partial charge in [0, 0.05) is 6.54 Å². The average molecular weight is 233 g/mol. The Labute approximate surface area is 107 Å². The molecule has 1 nitrogen and oxygen atoms in total. The lowest BCUT2D eigenvalue weighted by atomic mass is 10.0. The summed E-state index contributed by atoms with van der Waals surface area (Å²) in [5, 5.41) is 3.55. The van der Waals surface area contributed by atoms with Crippen LogP contribution in [0.4, 0.5) is 0 Å². The van der Waals surface area contributed by atoms with Gasteiger partial charge in [0.05, 0.1) is 0 Å². The number of rotatable bonds is 8. The molecular weight excluding hydrogens is 206 g/mol. The van der Waals surface area contributed by atoms with Crippen molar-refractivity contribution in [1.29, 1.82) is 0 Å². The van der Waals surface area contributed by atoms with Crippen molar-refractivity contribution < 1.29 is 0 Å². The fraction of sp³-hybridized carbons (Fsp3) is 0.625. The zero-order valence-corrected chi connectivity index (χ0v) is 11.6. The Kier molecular flexibility index (Phi) is 6.95. The summed E-state index contributed by atoms with van der Waals surface area (Å²) in [7, 11) is 0. The fourth-order valence-corrected chi connectivity index (χ4v) is 2.10. The second-order valence-electron chi connectivity index (χ2n) is 5.19.